The monoisotopic (exact) mass is 374 g/mol. The molecule has 2 atom stereocenters. The minimum Gasteiger partial charge on any atom is -0.480 e. The summed E-state index contributed by atoms with van der Waals surface area (Å²) in [5.41, 5.74) is 2.16. The standard InChI is InChI=1S/C20H22O5S/c1-2-25-20(23)17-11-8-16(9-12-17)14-26(24)18(19(21)22)13-10-15-6-4-3-5-7-15/h3-9,11-12,18H,2,10,13-14H2,1H3,(H,21,22). The summed E-state index contributed by atoms with van der Waals surface area (Å²) in [7, 11) is -1.55. The Morgan fingerprint density at radius 2 is 1.69 bits per heavy atom. The molecule has 26 heavy (non-hydrogen) atoms. The van der Waals surface area contributed by atoms with Gasteiger partial charge in [-0.2, -0.15) is 0 Å². The summed E-state index contributed by atoms with van der Waals surface area (Å²) in [6, 6.07) is 16.1. The van der Waals surface area contributed by atoms with Crippen LogP contribution < -0.4 is 0 Å². The highest BCUT2D eigenvalue weighted by Crippen LogP contribution is 2.15. The van der Waals surface area contributed by atoms with E-state index in [0.29, 0.717) is 25.0 Å². The van der Waals surface area contributed by atoms with Crippen LogP contribution in [-0.2, 0) is 32.5 Å². The molecular weight excluding hydrogens is 352 g/mol. The second-order valence-electron chi connectivity index (χ2n) is 5.79. The Morgan fingerprint density at radius 1 is 1.04 bits per heavy atom. The molecule has 0 aromatic heterocycles. The number of carboxylic acids is 1. The van der Waals surface area contributed by atoms with Crippen molar-refractivity contribution in [1.29, 1.82) is 0 Å². The highest BCUT2D eigenvalue weighted by atomic mass is 32.2. The maximum absolute atomic E-state index is 12.5. The fourth-order valence-corrected chi connectivity index (χ4v) is 3.85. The van der Waals surface area contributed by atoms with Crippen molar-refractivity contribution < 1.29 is 23.6 Å². The normalized spacial score (nSPS) is 13.0. The molecule has 0 aliphatic carbocycles. The van der Waals surface area contributed by atoms with Crippen LogP contribution in [0.5, 0.6) is 0 Å². The molecule has 5 nitrogen and oxygen atoms in total. The number of aryl methyl sites for hydroxylation is 1. The van der Waals surface area contributed by atoms with Gasteiger partial charge in [0.1, 0.15) is 5.25 Å². The van der Waals surface area contributed by atoms with E-state index in [0.717, 1.165) is 11.1 Å². The van der Waals surface area contributed by atoms with Crippen LogP contribution in [0, 0.1) is 0 Å². The average Bonchev–Trinajstić information content (AvgIpc) is 2.63. The van der Waals surface area contributed by atoms with Gasteiger partial charge in [0.25, 0.3) is 0 Å². The van der Waals surface area contributed by atoms with E-state index in [2.05, 4.69) is 0 Å². The predicted octanol–water partition coefficient (Wildman–Crippen LogP) is 3.20. The number of hydrogen-bond donors (Lipinski definition) is 1. The molecule has 0 amide bonds. The van der Waals surface area contributed by atoms with Crippen LogP contribution in [0.25, 0.3) is 0 Å². The molecule has 0 fully saturated rings. The number of carbonyl (C=O) groups is 2. The SMILES string of the molecule is CCOC(=O)c1ccc(CS(=O)C(CCc2ccccc2)C(=O)O)cc1. The van der Waals surface area contributed by atoms with Crippen LogP contribution in [-0.4, -0.2) is 33.1 Å². The summed E-state index contributed by atoms with van der Waals surface area (Å²) in [6.07, 6.45) is 0.873. The number of rotatable bonds is 9. The van der Waals surface area contributed by atoms with Gasteiger partial charge in [-0.05, 0) is 43.0 Å². The number of hydrogen-bond acceptors (Lipinski definition) is 4. The number of ether oxygens (including phenoxy) is 1. The quantitative estimate of drug-likeness (QED) is 0.682. The maximum Gasteiger partial charge on any atom is 0.338 e. The molecular formula is C20H22O5S. The molecule has 0 aliphatic heterocycles. The molecule has 0 saturated heterocycles. The zero-order valence-corrected chi connectivity index (χ0v) is 15.4. The number of benzene rings is 2. The van der Waals surface area contributed by atoms with Crippen molar-refractivity contribution in [2.45, 2.75) is 30.8 Å². The van der Waals surface area contributed by atoms with Gasteiger partial charge in [0.05, 0.1) is 12.2 Å². The molecule has 2 unspecified atom stereocenters. The van der Waals surface area contributed by atoms with Crippen molar-refractivity contribution in [2.75, 3.05) is 6.61 Å². The van der Waals surface area contributed by atoms with E-state index in [-0.39, 0.29) is 5.75 Å². The molecule has 2 aromatic carbocycles. The van der Waals surface area contributed by atoms with Gasteiger partial charge >= 0.3 is 11.9 Å². The lowest BCUT2D eigenvalue weighted by Gasteiger charge is -2.12. The lowest BCUT2D eigenvalue weighted by atomic mass is 10.1. The van der Waals surface area contributed by atoms with Gasteiger partial charge in [-0.3, -0.25) is 9.00 Å². The Labute approximate surface area is 155 Å². The van der Waals surface area contributed by atoms with Crippen LogP contribution in [0.3, 0.4) is 0 Å². The summed E-state index contributed by atoms with van der Waals surface area (Å²) in [5, 5.41) is 8.49. The maximum atomic E-state index is 12.5. The smallest absolute Gasteiger partial charge is 0.338 e. The number of esters is 1. The Balaban J connectivity index is 1.98. The Morgan fingerprint density at radius 3 is 2.27 bits per heavy atom. The average molecular weight is 374 g/mol. The number of carbonyl (C=O) groups excluding carboxylic acids is 1. The molecule has 0 spiro atoms. The summed E-state index contributed by atoms with van der Waals surface area (Å²) in [5.74, 6) is -1.33. The van der Waals surface area contributed by atoms with Crippen molar-refractivity contribution in [1.82, 2.24) is 0 Å². The van der Waals surface area contributed by atoms with Crippen molar-refractivity contribution in [2.24, 2.45) is 0 Å². The molecule has 6 heteroatoms. The first-order chi connectivity index (χ1) is 12.5. The first-order valence-electron chi connectivity index (χ1n) is 8.41. The van der Waals surface area contributed by atoms with Gasteiger partial charge in [0.2, 0.25) is 0 Å². The van der Waals surface area contributed by atoms with Crippen LogP contribution in [0.2, 0.25) is 0 Å². The van der Waals surface area contributed by atoms with E-state index < -0.39 is 28.0 Å². The molecule has 138 valence electrons. The lowest BCUT2D eigenvalue weighted by molar-refractivity contribution is -0.136. The Hall–Kier alpha value is -2.47. The fraction of sp³-hybridized carbons (Fsp3) is 0.300. The van der Waals surface area contributed by atoms with Crippen molar-refractivity contribution in [3.8, 4) is 0 Å². The van der Waals surface area contributed by atoms with Crippen molar-refractivity contribution in [3.05, 3.63) is 71.3 Å². The fourth-order valence-electron chi connectivity index (χ4n) is 2.53. The van der Waals surface area contributed by atoms with Gasteiger partial charge in [0.15, 0.2) is 0 Å². The molecule has 1 N–H and O–H groups in total. The van der Waals surface area contributed by atoms with E-state index in [4.69, 9.17) is 4.74 Å². The summed E-state index contributed by atoms with van der Waals surface area (Å²) in [4.78, 5) is 23.1. The van der Waals surface area contributed by atoms with E-state index in [1.54, 1.807) is 31.2 Å². The van der Waals surface area contributed by atoms with Gasteiger partial charge in [-0.1, -0.05) is 42.5 Å². The van der Waals surface area contributed by atoms with Crippen LogP contribution in [0.4, 0.5) is 0 Å². The zero-order valence-electron chi connectivity index (χ0n) is 14.6. The first kappa shape index (κ1) is 19.8. The van der Waals surface area contributed by atoms with Gasteiger partial charge in [0, 0.05) is 16.6 Å². The highest BCUT2D eigenvalue weighted by Gasteiger charge is 2.24. The molecule has 0 aliphatic rings. The van der Waals surface area contributed by atoms with E-state index >= 15 is 0 Å². The van der Waals surface area contributed by atoms with E-state index in [1.807, 2.05) is 30.3 Å². The van der Waals surface area contributed by atoms with Crippen LogP contribution in [0.1, 0.15) is 34.8 Å². The minimum absolute atomic E-state index is 0.134. The van der Waals surface area contributed by atoms with E-state index in [9.17, 15) is 18.9 Å². The molecule has 2 aromatic rings. The third-order valence-corrected chi connectivity index (χ3v) is 5.59. The lowest BCUT2D eigenvalue weighted by Crippen LogP contribution is -2.27. The van der Waals surface area contributed by atoms with Gasteiger partial charge < -0.3 is 9.84 Å². The second-order valence-corrected chi connectivity index (χ2v) is 7.41. The molecule has 0 heterocycles. The van der Waals surface area contributed by atoms with E-state index in [1.165, 1.54) is 0 Å². The van der Waals surface area contributed by atoms with Gasteiger partial charge in [-0.25, -0.2) is 4.79 Å². The largest absolute Gasteiger partial charge is 0.480 e. The molecule has 0 bridgehead atoms. The van der Waals surface area contributed by atoms with Crippen LogP contribution >= 0.6 is 0 Å². The first-order valence-corrected chi connectivity index (χ1v) is 9.79. The van der Waals surface area contributed by atoms with Crippen molar-refractivity contribution in [3.63, 3.8) is 0 Å². The summed E-state index contributed by atoms with van der Waals surface area (Å²) < 4.78 is 17.5. The Bertz CT molecular complexity index is 756. The Kier molecular flexibility index (Phi) is 7.53. The number of aliphatic carboxylic acids is 1. The molecule has 0 radical (unpaired) electrons. The van der Waals surface area contributed by atoms with Gasteiger partial charge in [-0.15, -0.1) is 0 Å². The molecule has 0 saturated carbocycles. The van der Waals surface area contributed by atoms with Crippen LogP contribution in [0.15, 0.2) is 54.6 Å². The van der Waals surface area contributed by atoms with Crippen molar-refractivity contribution >= 4 is 22.7 Å². The number of carboxylic acid groups (broad SMARTS) is 1. The highest BCUT2D eigenvalue weighted by molar-refractivity contribution is 7.85. The predicted molar refractivity (Wildman–Crippen MR) is 100 cm³/mol. The third-order valence-electron chi connectivity index (χ3n) is 3.90. The summed E-state index contributed by atoms with van der Waals surface area (Å²) >= 11 is 0. The third kappa shape index (κ3) is 5.81. The molecule has 2 rings (SSSR count). The minimum atomic E-state index is -1.55. The second kappa shape index (κ2) is 9.87. The zero-order chi connectivity index (χ0) is 18.9. The topological polar surface area (TPSA) is 80.7 Å². The summed E-state index contributed by atoms with van der Waals surface area (Å²) in [6.45, 7) is 2.03.